The third-order valence-electron chi connectivity index (χ3n) is 4.77. The summed E-state index contributed by atoms with van der Waals surface area (Å²) in [4.78, 5) is 5.43. The summed E-state index contributed by atoms with van der Waals surface area (Å²) in [6, 6.07) is 10.8. The molecule has 3 heteroatoms. The molecule has 1 aliphatic heterocycles. The molecule has 2 aliphatic rings. The lowest BCUT2D eigenvalue weighted by atomic mass is 9.70. The third kappa shape index (κ3) is 2.02. The normalized spacial score (nSPS) is 18.6. The van der Waals surface area contributed by atoms with Crippen LogP contribution in [0.15, 0.2) is 34.6 Å². The Morgan fingerprint density at radius 2 is 1.95 bits per heavy atom. The van der Waals surface area contributed by atoms with Crippen molar-refractivity contribution in [3.05, 3.63) is 40.1 Å². The van der Waals surface area contributed by atoms with Gasteiger partial charge < -0.3 is 0 Å². The van der Waals surface area contributed by atoms with Crippen molar-refractivity contribution in [2.24, 2.45) is 4.99 Å². The molecule has 0 saturated heterocycles. The smallest absolute Gasteiger partial charge is 0.110 e. The van der Waals surface area contributed by atoms with Crippen molar-refractivity contribution in [3.63, 3.8) is 0 Å². The van der Waals surface area contributed by atoms with Gasteiger partial charge in [0.15, 0.2) is 0 Å². The number of fused-ring (bicyclic) bond motifs is 2. The summed E-state index contributed by atoms with van der Waals surface area (Å²) in [6.07, 6.45) is 8.58. The Kier molecular flexibility index (Phi) is 2.94. The van der Waals surface area contributed by atoms with Crippen molar-refractivity contribution >= 4 is 23.2 Å². The zero-order chi connectivity index (χ0) is 14.3. The van der Waals surface area contributed by atoms with Crippen LogP contribution >= 0.6 is 11.3 Å². The molecule has 1 fully saturated rings. The van der Waals surface area contributed by atoms with Crippen LogP contribution in [0.5, 0.6) is 0 Å². The first kappa shape index (κ1) is 12.8. The highest BCUT2D eigenvalue weighted by Crippen LogP contribution is 2.47. The topological polar surface area (TPSA) is 36.1 Å². The standard InChI is InChI=1S/C18H16N2S/c19-10-15-8-14(11-21-15)13-4-5-17-16(9-13)18(12-20-17)6-2-1-3-7-18/h4-5,8-9,11-12H,1-3,6-7H2. The number of hydrogen-bond acceptors (Lipinski definition) is 3. The Hall–Kier alpha value is -1.92. The molecule has 0 amide bonds. The van der Waals surface area contributed by atoms with Crippen molar-refractivity contribution in [2.45, 2.75) is 37.5 Å². The van der Waals surface area contributed by atoms with Gasteiger partial charge in [0.2, 0.25) is 0 Å². The maximum Gasteiger partial charge on any atom is 0.110 e. The van der Waals surface area contributed by atoms with Gasteiger partial charge in [-0.1, -0.05) is 25.3 Å². The SMILES string of the molecule is N#Cc1cc(-c2ccc3c(c2)C2(C=N3)CCCCC2)cs1. The van der Waals surface area contributed by atoms with Gasteiger partial charge in [0.1, 0.15) is 10.9 Å². The number of aliphatic imine (C=N–C) groups is 1. The van der Waals surface area contributed by atoms with E-state index in [-0.39, 0.29) is 5.41 Å². The summed E-state index contributed by atoms with van der Waals surface area (Å²) in [5, 5.41) is 11.1. The maximum atomic E-state index is 8.99. The zero-order valence-corrected chi connectivity index (χ0v) is 12.6. The molecule has 1 aromatic heterocycles. The Morgan fingerprint density at radius 1 is 1.10 bits per heavy atom. The van der Waals surface area contributed by atoms with E-state index in [1.165, 1.54) is 54.6 Å². The Morgan fingerprint density at radius 3 is 2.71 bits per heavy atom. The minimum atomic E-state index is 0.178. The molecule has 4 rings (SSSR count). The fraction of sp³-hybridized carbons (Fsp3) is 0.333. The molecule has 1 saturated carbocycles. The molecule has 1 spiro atoms. The lowest BCUT2D eigenvalue weighted by Crippen LogP contribution is -2.28. The summed E-state index contributed by atoms with van der Waals surface area (Å²) in [5.41, 5.74) is 5.07. The van der Waals surface area contributed by atoms with Gasteiger partial charge in [-0.25, -0.2) is 0 Å². The largest absolute Gasteiger partial charge is 0.260 e. The zero-order valence-electron chi connectivity index (χ0n) is 11.8. The predicted octanol–water partition coefficient (Wildman–Crippen LogP) is 5.20. The van der Waals surface area contributed by atoms with E-state index >= 15 is 0 Å². The summed E-state index contributed by atoms with van der Waals surface area (Å²) in [5.74, 6) is 0. The summed E-state index contributed by atoms with van der Waals surface area (Å²) >= 11 is 1.51. The number of thiophene rings is 1. The molecular formula is C18H16N2S. The number of nitriles is 1. The molecule has 0 radical (unpaired) electrons. The molecular weight excluding hydrogens is 276 g/mol. The monoisotopic (exact) mass is 292 g/mol. The van der Waals surface area contributed by atoms with Crippen LogP contribution in [0.3, 0.4) is 0 Å². The van der Waals surface area contributed by atoms with Gasteiger partial charge in [-0.2, -0.15) is 5.26 Å². The molecule has 0 N–H and O–H groups in total. The Labute approximate surface area is 128 Å². The molecule has 2 aromatic rings. The number of rotatable bonds is 1. The van der Waals surface area contributed by atoms with Gasteiger partial charge in [-0.3, -0.25) is 4.99 Å². The molecule has 1 aliphatic carbocycles. The van der Waals surface area contributed by atoms with Crippen LogP contribution < -0.4 is 0 Å². The van der Waals surface area contributed by atoms with Crippen LogP contribution in [0.4, 0.5) is 5.69 Å². The van der Waals surface area contributed by atoms with Crippen LogP contribution in [-0.2, 0) is 5.41 Å². The van der Waals surface area contributed by atoms with Gasteiger partial charge >= 0.3 is 0 Å². The van der Waals surface area contributed by atoms with E-state index in [2.05, 4.69) is 40.9 Å². The van der Waals surface area contributed by atoms with Gasteiger partial charge in [-0.05, 0) is 53.1 Å². The first-order valence-corrected chi connectivity index (χ1v) is 8.37. The highest BCUT2D eigenvalue weighted by atomic mass is 32.1. The maximum absolute atomic E-state index is 8.99. The number of benzene rings is 1. The van der Waals surface area contributed by atoms with Crippen LogP contribution in [0.1, 0.15) is 42.5 Å². The van der Waals surface area contributed by atoms with E-state index < -0.39 is 0 Å². The van der Waals surface area contributed by atoms with Crippen molar-refractivity contribution < 1.29 is 0 Å². The van der Waals surface area contributed by atoms with Crippen molar-refractivity contribution in [3.8, 4) is 17.2 Å². The van der Waals surface area contributed by atoms with Gasteiger partial charge in [0.05, 0.1) is 5.69 Å². The number of nitrogens with zero attached hydrogens (tertiary/aromatic N) is 2. The van der Waals surface area contributed by atoms with Gasteiger partial charge in [0.25, 0.3) is 0 Å². The van der Waals surface area contributed by atoms with Crippen molar-refractivity contribution in [2.75, 3.05) is 0 Å². The predicted molar refractivity (Wildman–Crippen MR) is 87.4 cm³/mol. The minimum absolute atomic E-state index is 0.178. The molecule has 0 atom stereocenters. The highest BCUT2D eigenvalue weighted by Gasteiger charge is 2.37. The summed E-state index contributed by atoms with van der Waals surface area (Å²) < 4.78 is 0. The van der Waals surface area contributed by atoms with E-state index in [4.69, 9.17) is 5.26 Å². The first-order valence-electron chi connectivity index (χ1n) is 7.50. The molecule has 2 heterocycles. The van der Waals surface area contributed by atoms with Crippen LogP contribution in [0.2, 0.25) is 0 Å². The molecule has 21 heavy (non-hydrogen) atoms. The Balaban J connectivity index is 1.78. The van der Waals surface area contributed by atoms with E-state index in [9.17, 15) is 0 Å². The van der Waals surface area contributed by atoms with Crippen LogP contribution in [-0.4, -0.2) is 6.21 Å². The van der Waals surface area contributed by atoms with Crippen molar-refractivity contribution in [1.29, 1.82) is 5.26 Å². The van der Waals surface area contributed by atoms with Crippen molar-refractivity contribution in [1.82, 2.24) is 0 Å². The van der Waals surface area contributed by atoms with E-state index in [1.54, 1.807) is 0 Å². The Bertz CT molecular complexity index is 758. The number of hydrogen-bond donors (Lipinski definition) is 0. The van der Waals surface area contributed by atoms with Crippen LogP contribution in [0, 0.1) is 11.3 Å². The lowest BCUT2D eigenvalue weighted by Gasteiger charge is -2.32. The minimum Gasteiger partial charge on any atom is -0.260 e. The lowest BCUT2D eigenvalue weighted by molar-refractivity contribution is 0.391. The quantitative estimate of drug-likeness (QED) is 0.711. The second kappa shape index (κ2) is 4.82. The molecule has 2 nitrogen and oxygen atoms in total. The van der Waals surface area contributed by atoms with E-state index in [0.717, 1.165) is 16.1 Å². The average Bonchev–Trinajstić information content (AvgIpc) is 3.14. The second-order valence-corrected chi connectivity index (χ2v) is 6.93. The summed E-state index contributed by atoms with van der Waals surface area (Å²) in [6.45, 7) is 0. The molecule has 0 bridgehead atoms. The van der Waals surface area contributed by atoms with Crippen LogP contribution in [0.25, 0.3) is 11.1 Å². The molecule has 104 valence electrons. The molecule has 0 unspecified atom stereocenters. The third-order valence-corrected chi connectivity index (χ3v) is 5.61. The fourth-order valence-electron chi connectivity index (χ4n) is 3.62. The second-order valence-electron chi connectivity index (χ2n) is 6.02. The van der Waals surface area contributed by atoms with Gasteiger partial charge in [0, 0.05) is 11.6 Å². The first-order chi connectivity index (χ1) is 10.3. The highest BCUT2D eigenvalue weighted by molar-refractivity contribution is 7.10. The fourth-order valence-corrected chi connectivity index (χ4v) is 4.32. The van der Waals surface area contributed by atoms with E-state index in [1.807, 2.05) is 6.07 Å². The summed E-state index contributed by atoms with van der Waals surface area (Å²) in [7, 11) is 0. The van der Waals surface area contributed by atoms with E-state index in [0.29, 0.717) is 0 Å². The average molecular weight is 292 g/mol. The molecule has 1 aromatic carbocycles. The van der Waals surface area contributed by atoms with Gasteiger partial charge in [-0.15, -0.1) is 11.3 Å².